The number of nitrogens with two attached hydrogens (primary N) is 1. The first-order chi connectivity index (χ1) is 5.28. The summed E-state index contributed by atoms with van der Waals surface area (Å²) in [5.74, 6) is -0.911. The zero-order chi connectivity index (χ0) is 9.57. The highest BCUT2D eigenvalue weighted by atomic mass is 16.4. The lowest BCUT2D eigenvalue weighted by molar-refractivity contribution is -0.142. The normalized spacial score (nSPS) is 28.8. The first-order valence-corrected chi connectivity index (χ1v) is 3.88. The minimum atomic E-state index is -0.932. The van der Waals surface area contributed by atoms with Crippen molar-refractivity contribution in [3.8, 4) is 0 Å². The highest BCUT2D eigenvalue weighted by Gasteiger charge is 2.58. The summed E-state index contributed by atoms with van der Waals surface area (Å²) in [6.45, 7) is 3.56. The van der Waals surface area contributed by atoms with E-state index in [0.29, 0.717) is 18.6 Å². The summed E-state index contributed by atoms with van der Waals surface area (Å²) in [5.41, 5.74) is 4.56. The van der Waals surface area contributed by atoms with Gasteiger partial charge in [-0.2, -0.15) is 0 Å². The topological polar surface area (TPSA) is 87.2 Å². The van der Waals surface area contributed by atoms with E-state index in [-0.39, 0.29) is 0 Å². The predicted octanol–water partition coefficient (Wildman–Crippen LogP) is 0.608. The molecule has 4 N–H and O–H groups in total. The van der Waals surface area contributed by atoms with Crippen LogP contribution in [0.3, 0.4) is 0 Å². The van der Waals surface area contributed by atoms with Crippen LogP contribution in [0.4, 0.5) is 0 Å². The first-order valence-electron chi connectivity index (χ1n) is 3.88. The molecule has 0 aromatic heterocycles. The fourth-order valence-electron chi connectivity index (χ4n) is 1.48. The molecule has 0 aliphatic heterocycles. The van der Waals surface area contributed by atoms with E-state index in [1.807, 2.05) is 0 Å². The van der Waals surface area contributed by atoms with Crippen LogP contribution in [-0.4, -0.2) is 22.3 Å². The molecule has 0 aromatic rings. The van der Waals surface area contributed by atoms with Crippen molar-refractivity contribution in [1.82, 2.24) is 0 Å². The number of rotatable bonds is 3. The number of carboxylic acid groups (broad SMARTS) is 1. The van der Waals surface area contributed by atoms with E-state index in [1.165, 1.54) is 0 Å². The average Bonchev–Trinajstić information content (AvgIpc) is 2.38. The van der Waals surface area contributed by atoms with Crippen molar-refractivity contribution < 1.29 is 9.90 Å². The Morgan fingerprint density at radius 3 is 2.33 bits per heavy atom. The number of hydrogen-bond donors (Lipinski definition) is 3. The summed E-state index contributed by atoms with van der Waals surface area (Å²) in [6.07, 6.45) is 0.719. The number of aliphatic carboxylic acids is 1. The summed E-state index contributed by atoms with van der Waals surface area (Å²) in [6, 6.07) is 0. The standard InChI is InChI=1S/C8H14N2O2/c1-7(2,10)4-8(6(11)12)3-5(8)9/h9H,3-4,10H2,1-2H3,(H,11,12)/t8-/m0/s1. The Morgan fingerprint density at radius 1 is 1.83 bits per heavy atom. The van der Waals surface area contributed by atoms with Crippen LogP contribution in [0.15, 0.2) is 0 Å². The van der Waals surface area contributed by atoms with Gasteiger partial charge in [0.25, 0.3) is 0 Å². The third kappa shape index (κ3) is 1.48. The maximum Gasteiger partial charge on any atom is 0.315 e. The number of carbonyl (C=O) groups is 1. The van der Waals surface area contributed by atoms with Gasteiger partial charge in [0.2, 0.25) is 0 Å². The van der Waals surface area contributed by atoms with Crippen LogP contribution in [0, 0.1) is 10.8 Å². The van der Waals surface area contributed by atoms with Crippen molar-refractivity contribution in [3.63, 3.8) is 0 Å². The molecule has 0 saturated heterocycles. The van der Waals surface area contributed by atoms with E-state index in [1.54, 1.807) is 13.8 Å². The Hall–Kier alpha value is -0.900. The molecule has 0 amide bonds. The van der Waals surface area contributed by atoms with E-state index in [2.05, 4.69) is 0 Å². The van der Waals surface area contributed by atoms with Crippen LogP contribution >= 0.6 is 0 Å². The number of nitrogens with one attached hydrogen (secondary N) is 1. The molecule has 4 heteroatoms. The minimum Gasteiger partial charge on any atom is -0.481 e. The second kappa shape index (κ2) is 2.29. The van der Waals surface area contributed by atoms with Crippen molar-refractivity contribution >= 4 is 11.7 Å². The monoisotopic (exact) mass is 170 g/mol. The van der Waals surface area contributed by atoms with Gasteiger partial charge in [-0.05, 0) is 20.3 Å². The maximum absolute atomic E-state index is 10.8. The highest BCUT2D eigenvalue weighted by molar-refractivity contribution is 6.18. The molecule has 12 heavy (non-hydrogen) atoms. The van der Waals surface area contributed by atoms with Crippen LogP contribution in [0.25, 0.3) is 0 Å². The lowest BCUT2D eigenvalue weighted by Crippen LogP contribution is -2.38. The van der Waals surface area contributed by atoms with E-state index in [4.69, 9.17) is 16.2 Å². The van der Waals surface area contributed by atoms with E-state index >= 15 is 0 Å². The summed E-state index contributed by atoms with van der Waals surface area (Å²) in [7, 11) is 0. The van der Waals surface area contributed by atoms with Crippen LogP contribution in [-0.2, 0) is 4.79 Å². The minimum absolute atomic E-state index is 0.300. The van der Waals surface area contributed by atoms with Gasteiger partial charge in [0.15, 0.2) is 0 Å². The third-order valence-corrected chi connectivity index (χ3v) is 2.10. The fourth-order valence-corrected chi connectivity index (χ4v) is 1.48. The van der Waals surface area contributed by atoms with Crippen molar-refractivity contribution in [2.24, 2.45) is 11.1 Å². The molecule has 0 spiro atoms. The van der Waals surface area contributed by atoms with Gasteiger partial charge in [-0.1, -0.05) is 0 Å². The zero-order valence-electron chi connectivity index (χ0n) is 7.35. The van der Waals surface area contributed by atoms with Crippen LogP contribution in [0.1, 0.15) is 26.7 Å². The molecule has 0 radical (unpaired) electrons. The summed E-state index contributed by atoms with van der Waals surface area (Å²) in [5, 5.41) is 16.1. The Morgan fingerprint density at radius 2 is 2.25 bits per heavy atom. The van der Waals surface area contributed by atoms with E-state index in [0.717, 1.165) is 0 Å². The fraction of sp³-hybridized carbons (Fsp3) is 0.750. The third-order valence-electron chi connectivity index (χ3n) is 2.10. The molecule has 1 aliphatic rings. The van der Waals surface area contributed by atoms with Crippen LogP contribution in [0.5, 0.6) is 0 Å². The van der Waals surface area contributed by atoms with Crippen molar-refractivity contribution in [2.45, 2.75) is 32.2 Å². The predicted molar refractivity (Wildman–Crippen MR) is 45.3 cm³/mol. The Labute approximate surface area is 71.3 Å². The molecule has 1 fully saturated rings. The molecule has 1 atom stereocenters. The quantitative estimate of drug-likeness (QED) is 0.579. The van der Waals surface area contributed by atoms with Gasteiger partial charge in [0, 0.05) is 17.7 Å². The molecule has 1 rings (SSSR count). The molecular formula is C8H14N2O2. The average molecular weight is 170 g/mol. The molecule has 68 valence electrons. The van der Waals surface area contributed by atoms with Gasteiger partial charge in [0.1, 0.15) is 5.41 Å². The molecule has 1 aliphatic carbocycles. The van der Waals surface area contributed by atoms with Crippen molar-refractivity contribution in [3.05, 3.63) is 0 Å². The van der Waals surface area contributed by atoms with Crippen molar-refractivity contribution in [2.75, 3.05) is 0 Å². The largest absolute Gasteiger partial charge is 0.481 e. The SMILES string of the molecule is CC(C)(N)C[C@@]1(C(=O)O)CC1=N. The van der Waals surface area contributed by atoms with Crippen LogP contribution in [0.2, 0.25) is 0 Å². The summed E-state index contributed by atoms with van der Waals surface area (Å²) < 4.78 is 0. The summed E-state index contributed by atoms with van der Waals surface area (Å²) in [4.78, 5) is 10.8. The smallest absolute Gasteiger partial charge is 0.315 e. The second-order valence-corrected chi connectivity index (χ2v) is 4.21. The zero-order valence-corrected chi connectivity index (χ0v) is 7.35. The van der Waals surface area contributed by atoms with Gasteiger partial charge < -0.3 is 16.2 Å². The lowest BCUT2D eigenvalue weighted by Gasteiger charge is -2.21. The number of carboxylic acids is 1. The molecule has 4 nitrogen and oxygen atoms in total. The molecule has 0 unspecified atom stereocenters. The molecule has 0 aromatic carbocycles. The first kappa shape index (κ1) is 9.19. The second-order valence-electron chi connectivity index (χ2n) is 4.21. The van der Waals surface area contributed by atoms with Gasteiger partial charge in [-0.25, -0.2) is 0 Å². The van der Waals surface area contributed by atoms with E-state index < -0.39 is 16.9 Å². The van der Waals surface area contributed by atoms with E-state index in [9.17, 15) is 4.79 Å². The van der Waals surface area contributed by atoms with Crippen LogP contribution < -0.4 is 5.73 Å². The van der Waals surface area contributed by atoms with Crippen molar-refractivity contribution in [1.29, 1.82) is 5.41 Å². The maximum atomic E-state index is 10.8. The van der Waals surface area contributed by atoms with Gasteiger partial charge in [-0.15, -0.1) is 0 Å². The Bertz CT molecular complexity index is 242. The Kier molecular flexibility index (Phi) is 1.76. The lowest BCUT2D eigenvalue weighted by atomic mass is 9.89. The molecule has 0 bridgehead atoms. The highest BCUT2D eigenvalue weighted by Crippen LogP contribution is 2.47. The van der Waals surface area contributed by atoms with Gasteiger partial charge in [-0.3, -0.25) is 4.79 Å². The Balaban J connectivity index is 2.73. The molecule has 1 saturated carbocycles. The van der Waals surface area contributed by atoms with Gasteiger partial charge in [0.05, 0.1) is 0 Å². The molecular weight excluding hydrogens is 156 g/mol. The summed E-state index contributed by atoms with van der Waals surface area (Å²) >= 11 is 0. The number of hydrogen-bond acceptors (Lipinski definition) is 3. The molecule has 0 heterocycles. The van der Waals surface area contributed by atoms with Gasteiger partial charge >= 0.3 is 5.97 Å².